The van der Waals surface area contributed by atoms with Crippen molar-refractivity contribution in [2.45, 2.75) is 4.90 Å². The molecular formula is C15H13ClO3S. The average Bonchev–Trinajstić information content (AvgIpc) is 2.49. The average molecular weight is 309 g/mol. The Morgan fingerprint density at radius 3 is 2.55 bits per heavy atom. The zero-order valence-corrected chi connectivity index (χ0v) is 12.4. The van der Waals surface area contributed by atoms with Gasteiger partial charge in [0.2, 0.25) is 0 Å². The van der Waals surface area contributed by atoms with Crippen LogP contribution in [0.4, 0.5) is 0 Å². The third kappa shape index (κ3) is 3.92. The first kappa shape index (κ1) is 14.8. The summed E-state index contributed by atoms with van der Waals surface area (Å²) in [5.41, 5.74) is 0.423. The van der Waals surface area contributed by atoms with E-state index in [4.69, 9.17) is 21.1 Å². The van der Waals surface area contributed by atoms with E-state index in [1.54, 1.807) is 18.2 Å². The molecule has 0 amide bonds. The highest BCUT2D eigenvalue weighted by Gasteiger charge is 2.11. The first-order chi connectivity index (χ1) is 9.70. The molecule has 0 unspecified atom stereocenters. The van der Waals surface area contributed by atoms with E-state index in [0.717, 1.165) is 4.90 Å². The van der Waals surface area contributed by atoms with Crippen LogP contribution in [0.5, 0.6) is 5.75 Å². The Morgan fingerprint density at radius 1 is 1.15 bits per heavy atom. The Balaban J connectivity index is 1.97. The van der Waals surface area contributed by atoms with Gasteiger partial charge >= 0.3 is 5.97 Å². The quantitative estimate of drug-likeness (QED) is 0.470. The van der Waals surface area contributed by atoms with Gasteiger partial charge in [0.15, 0.2) is 0 Å². The lowest BCUT2D eigenvalue weighted by Crippen LogP contribution is -2.05. The summed E-state index contributed by atoms with van der Waals surface area (Å²) in [6.07, 6.45) is 0. The smallest absolute Gasteiger partial charge is 0.341 e. The highest BCUT2D eigenvalue weighted by atomic mass is 35.5. The van der Waals surface area contributed by atoms with Crippen molar-refractivity contribution in [2.75, 3.05) is 13.0 Å². The van der Waals surface area contributed by atoms with Gasteiger partial charge in [-0.1, -0.05) is 35.5 Å². The molecule has 0 atom stereocenters. The predicted octanol–water partition coefficient (Wildman–Crippen LogP) is 4.26. The summed E-state index contributed by atoms with van der Waals surface area (Å²) in [7, 11) is 1.35. The number of hydrogen-bond acceptors (Lipinski definition) is 4. The molecule has 2 aromatic rings. The highest BCUT2D eigenvalue weighted by molar-refractivity contribution is 7.99. The molecule has 0 spiro atoms. The Labute approximate surface area is 126 Å². The molecule has 0 saturated carbocycles. The molecule has 0 aliphatic rings. The molecular weight excluding hydrogens is 296 g/mol. The normalized spacial score (nSPS) is 10.1. The number of halogens is 1. The topological polar surface area (TPSA) is 35.5 Å². The SMILES string of the molecule is COC(=O)c1ccccc1OCSc1ccc(Cl)cc1. The molecule has 0 bridgehead atoms. The molecule has 3 nitrogen and oxygen atoms in total. The summed E-state index contributed by atoms with van der Waals surface area (Å²) in [6, 6.07) is 14.5. The van der Waals surface area contributed by atoms with E-state index in [2.05, 4.69) is 0 Å². The minimum absolute atomic E-state index is 0.398. The second-order valence-electron chi connectivity index (χ2n) is 3.85. The fourth-order valence-electron chi connectivity index (χ4n) is 1.56. The van der Waals surface area contributed by atoms with Crippen LogP contribution in [-0.4, -0.2) is 19.0 Å². The number of para-hydroxylation sites is 1. The second kappa shape index (κ2) is 7.22. The van der Waals surface area contributed by atoms with Crippen molar-refractivity contribution < 1.29 is 14.3 Å². The maximum Gasteiger partial charge on any atom is 0.341 e. The van der Waals surface area contributed by atoms with Gasteiger partial charge in [-0.05, 0) is 36.4 Å². The lowest BCUT2D eigenvalue weighted by Gasteiger charge is -2.09. The fourth-order valence-corrected chi connectivity index (χ4v) is 2.34. The van der Waals surface area contributed by atoms with Gasteiger partial charge in [0.1, 0.15) is 17.3 Å². The van der Waals surface area contributed by atoms with Gasteiger partial charge in [-0.15, -0.1) is 0 Å². The summed E-state index contributed by atoms with van der Waals surface area (Å²) >= 11 is 7.34. The Hall–Kier alpha value is -1.65. The van der Waals surface area contributed by atoms with Crippen molar-refractivity contribution >= 4 is 29.3 Å². The van der Waals surface area contributed by atoms with Crippen LogP contribution in [0.15, 0.2) is 53.4 Å². The Morgan fingerprint density at radius 2 is 1.85 bits per heavy atom. The third-order valence-electron chi connectivity index (χ3n) is 2.55. The summed E-state index contributed by atoms with van der Waals surface area (Å²) in [5.74, 6) is 0.508. The number of carbonyl (C=O) groups excluding carboxylic acids is 1. The molecule has 5 heteroatoms. The molecule has 2 aromatic carbocycles. The van der Waals surface area contributed by atoms with E-state index >= 15 is 0 Å². The molecule has 2 rings (SSSR count). The van der Waals surface area contributed by atoms with Crippen LogP contribution in [0, 0.1) is 0 Å². The van der Waals surface area contributed by atoms with E-state index in [1.807, 2.05) is 30.3 Å². The monoisotopic (exact) mass is 308 g/mol. The van der Waals surface area contributed by atoms with Gasteiger partial charge in [0, 0.05) is 9.92 Å². The number of esters is 1. The van der Waals surface area contributed by atoms with Crippen molar-refractivity contribution in [1.82, 2.24) is 0 Å². The van der Waals surface area contributed by atoms with E-state index in [0.29, 0.717) is 22.3 Å². The lowest BCUT2D eigenvalue weighted by molar-refractivity contribution is 0.0597. The number of carbonyl (C=O) groups is 1. The summed E-state index contributed by atoms with van der Waals surface area (Å²) in [5, 5.41) is 0.700. The number of thioether (sulfide) groups is 1. The molecule has 20 heavy (non-hydrogen) atoms. The van der Waals surface area contributed by atoms with Crippen LogP contribution in [0.25, 0.3) is 0 Å². The fraction of sp³-hybridized carbons (Fsp3) is 0.133. The zero-order valence-electron chi connectivity index (χ0n) is 10.8. The molecule has 0 saturated heterocycles. The van der Waals surface area contributed by atoms with Crippen LogP contribution >= 0.6 is 23.4 Å². The lowest BCUT2D eigenvalue weighted by atomic mass is 10.2. The van der Waals surface area contributed by atoms with Crippen LogP contribution in [0.1, 0.15) is 10.4 Å². The maximum atomic E-state index is 11.6. The van der Waals surface area contributed by atoms with E-state index in [-0.39, 0.29) is 0 Å². The maximum absolute atomic E-state index is 11.6. The molecule has 0 aromatic heterocycles. The van der Waals surface area contributed by atoms with Gasteiger partial charge in [0.25, 0.3) is 0 Å². The van der Waals surface area contributed by atoms with Gasteiger partial charge < -0.3 is 9.47 Å². The van der Waals surface area contributed by atoms with Crippen molar-refractivity contribution in [3.8, 4) is 5.75 Å². The van der Waals surface area contributed by atoms with Crippen LogP contribution in [0.2, 0.25) is 5.02 Å². The number of hydrogen-bond donors (Lipinski definition) is 0. The van der Waals surface area contributed by atoms with Gasteiger partial charge in [-0.3, -0.25) is 0 Å². The standard InChI is InChI=1S/C15H13ClO3S/c1-18-15(17)13-4-2-3-5-14(13)19-10-20-12-8-6-11(16)7-9-12/h2-9H,10H2,1H3. The minimum Gasteiger partial charge on any atom is -0.482 e. The number of rotatable bonds is 5. The molecule has 0 heterocycles. The molecule has 0 aliphatic carbocycles. The second-order valence-corrected chi connectivity index (χ2v) is 5.28. The molecule has 104 valence electrons. The van der Waals surface area contributed by atoms with Gasteiger partial charge in [-0.2, -0.15) is 0 Å². The number of methoxy groups -OCH3 is 1. The van der Waals surface area contributed by atoms with Gasteiger partial charge in [0.05, 0.1) is 7.11 Å². The van der Waals surface area contributed by atoms with E-state index < -0.39 is 5.97 Å². The number of ether oxygens (including phenoxy) is 2. The Bertz CT molecular complexity index is 584. The highest BCUT2D eigenvalue weighted by Crippen LogP contribution is 2.24. The summed E-state index contributed by atoms with van der Waals surface area (Å²) in [4.78, 5) is 12.6. The first-order valence-corrected chi connectivity index (χ1v) is 7.25. The Kier molecular flexibility index (Phi) is 5.32. The van der Waals surface area contributed by atoms with Crippen LogP contribution in [0.3, 0.4) is 0 Å². The summed E-state index contributed by atoms with van der Waals surface area (Å²) < 4.78 is 10.3. The van der Waals surface area contributed by atoms with E-state index in [9.17, 15) is 4.79 Å². The van der Waals surface area contributed by atoms with Gasteiger partial charge in [-0.25, -0.2) is 4.79 Å². The molecule has 0 fully saturated rings. The van der Waals surface area contributed by atoms with Crippen LogP contribution < -0.4 is 4.74 Å². The molecule has 0 aliphatic heterocycles. The first-order valence-electron chi connectivity index (χ1n) is 5.89. The number of benzene rings is 2. The third-order valence-corrected chi connectivity index (χ3v) is 3.64. The van der Waals surface area contributed by atoms with Crippen molar-refractivity contribution in [3.05, 3.63) is 59.1 Å². The van der Waals surface area contributed by atoms with Crippen molar-refractivity contribution in [3.63, 3.8) is 0 Å². The van der Waals surface area contributed by atoms with Crippen molar-refractivity contribution in [1.29, 1.82) is 0 Å². The van der Waals surface area contributed by atoms with Crippen molar-refractivity contribution in [2.24, 2.45) is 0 Å². The largest absolute Gasteiger partial charge is 0.482 e. The van der Waals surface area contributed by atoms with E-state index in [1.165, 1.54) is 18.9 Å². The zero-order chi connectivity index (χ0) is 14.4. The molecule has 0 radical (unpaired) electrons. The molecule has 0 N–H and O–H groups in total. The predicted molar refractivity (Wildman–Crippen MR) is 80.6 cm³/mol. The minimum atomic E-state index is -0.405. The van der Waals surface area contributed by atoms with Crippen LogP contribution in [-0.2, 0) is 4.74 Å². The summed E-state index contributed by atoms with van der Waals surface area (Å²) in [6.45, 7) is 0.